The van der Waals surface area contributed by atoms with Crippen molar-refractivity contribution in [3.8, 4) is 11.3 Å². The van der Waals surface area contributed by atoms with Gasteiger partial charge in [0, 0.05) is 5.56 Å². The van der Waals surface area contributed by atoms with E-state index in [9.17, 15) is 14.9 Å². The Hall–Kier alpha value is -3.29. The number of benzene rings is 1. The zero-order valence-corrected chi connectivity index (χ0v) is 14.7. The second-order valence-corrected chi connectivity index (χ2v) is 5.96. The molecular weight excluding hydrogens is 336 g/mol. The fourth-order valence-electron chi connectivity index (χ4n) is 2.73. The van der Waals surface area contributed by atoms with E-state index < -0.39 is 16.7 Å². The molecule has 0 aliphatic carbocycles. The van der Waals surface area contributed by atoms with E-state index in [1.54, 1.807) is 6.92 Å². The first kappa shape index (κ1) is 17.5. The fourth-order valence-corrected chi connectivity index (χ4v) is 2.73. The third-order valence-electron chi connectivity index (χ3n) is 3.87. The number of esters is 1. The predicted molar refractivity (Wildman–Crippen MR) is 96.0 cm³/mol. The summed E-state index contributed by atoms with van der Waals surface area (Å²) < 4.78 is 6.57. The van der Waals surface area contributed by atoms with Crippen LogP contribution in [0.3, 0.4) is 0 Å². The third-order valence-corrected chi connectivity index (χ3v) is 3.87. The van der Waals surface area contributed by atoms with Crippen LogP contribution in [0, 0.1) is 10.1 Å². The van der Waals surface area contributed by atoms with Crippen LogP contribution in [0.2, 0.25) is 0 Å². The molecule has 0 fully saturated rings. The number of ether oxygens (including phenoxy) is 1. The zero-order valence-electron chi connectivity index (χ0n) is 14.7. The molecule has 0 N–H and O–H groups in total. The van der Waals surface area contributed by atoms with Crippen LogP contribution >= 0.6 is 0 Å². The molecule has 8 heteroatoms. The molecule has 0 unspecified atom stereocenters. The van der Waals surface area contributed by atoms with Crippen molar-refractivity contribution in [3.05, 3.63) is 52.1 Å². The first-order valence-corrected chi connectivity index (χ1v) is 8.24. The Kier molecular flexibility index (Phi) is 4.66. The number of aromatic nitrogens is 3. The summed E-state index contributed by atoms with van der Waals surface area (Å²) in [5, 5.41) is 15.7. The molecule has 3 aromatic rings. The van der Waals surface area contributed by atoms with Crippen molar-refractivity contribution in [2.75, 3.05) is 6.61 Å². The van der Waals surface area contributed by atoms with Crippen molar-refractivity contribution in [1.82, 2.24) is 14.8 Å². The summed E-state index contributed by atoms with van der Waals surface area (Å²) in [4.78, 5) is 27.9. The molecule has 0 aliphatic rings. The lowest BCUT2D eigenvalue weighted by molar-refractivity contribution is -0.388. The van der Waals surface area contributed by atoms with Gasteiger partial charge in [-0.1, -0.05) is 30.3 Å². The average molecular weight is 354 g/mol. The number of carbonyl (C=O) groups excluding carboxylic acids is 1. The average Bonchev–Trinajstić information content (AvgIpc) is 3.02. The Labute approximate surface area is 149 Å². The molecule has 0 saturated heterocycles. The monoisotopic (exact) mass is 354 g/mol. The van der Waals surface area contributed by atoms with E-state index in [2.05, 4.69) is 10.1 Å². The summed E-state index contributed by atoms with van der Waals surface area (Å²) in [6.07, 6.45) is 0. The topological polar surface area (TPSA) is 100 Å². The van der Waals surface area contributed by atoms with E-state index in [0.717, 1.165) is 5.56 Å². The van der Waals surface area contributed by atoms with E-state index in [0.29, 0.717) is 5.69 Å². The molecular formula is C18H18N4O4. The maximum atomic E-state index is 12.5. The number of nitro groups is 1. The highest BCUT2D eigenvalue weighted by Crippen LogP contribution is 2.32. The van der Waals surface area contributed by atoms with Gasteiger partial charge < -0.3 is 14.9 Å². The van der Waals surface area contributed by atoms with Crippen LogP contribution < -0.4 is 0 Å². The lowest BCUT2D eigenvalue weighted by Gasteiger charge is -2.08. The highest BCUT2D eigenvalue weighted by atomic mass is 16.6. The molecule has 0 bridgehead atoms. The number of fused-ring (bicyclic) bond motifs is 1. The van der Waals surface area contributed by atoms with Gasteiger partial charge >= 0.3 is 11.8 Å². The molecule has 0 amide bonds. The summed E-state index contributed by atoms with van der Waals surface area (Å²) in [6.45, 7) is 5.53. The van der Waals surface area contributed by atoms with Gasteiger partial charge in [0.15, 0.2) is 5.65 Å². The minimum Gasteiger partial charge on any atom is -0.462 e. The lowest BCUT2D eigenvalue weighted by Crippen LogP contribution is -2.08. The number of carbonyl (C=O) groups is 1. The summed E-state index contributed by atoms with van der Waals surface area (Å²) in [7, 11) is 0. The second-order valence-electron chi connectivity index (χ2n) is 5.96. The van der Waals surface area contributed by atoms with Gasteiger partial charge in [0.1, 0.15) is 5.39 Å². The third kappa shape index (κ3) is 3.01. The lowest BCUT2D eigenvalue weighted by atomic mass is 10.1. The molecule has 0 atom stereocenters. The van der Waals surface area contributed by atoms with E-state index >= 15 is 0 Å². The highest BCUT2D eigenvalue weighted by molar-refractivity contribution is 6.07. The first-order chi connectivity index (χ1) is 12.4. The normalized spacial score (nSPS) is 11.1. The van der Waals surface area contributed by atoms with Gasteiger partial charge in [0.25, 0.3) is 0 Å². The Bertz CT molecular complexity index is 980. The minimum atomic E-state index is -0.636. The summed E-state index contributed by atoms with van der Waals surface area (Å²) in [5.74, 6) is -1.03. The Balaban J connectivity index is 2.39. The Morgan fingerprint density at radius 2 is 2.00 bits per heavy atom. The molecule has 1 aromatic carbocycles. The van der Waals surface area contributed by atoms with Gasteiger partial charge in [0.2, 0.25) is 0 Å². The molecule has 2 aromatic heterocycles. The van der Waals surface area contributed by atoms with E-state index in [1.807, 2.05) is 44.2 Å². The summed E-state index contributed by atoms with van der Waals surface area (Å²) in [5.41, 5.74) is 1.70. The van der Waals surface area contributed by atoms with Gasteiger partial charge in [-0.05, 0) is 31.8 Å². The maximum absolute atomic E-state index is 12.5. The van der Waals surface area contributed by atoms with Gasteiger partial charge in [-0.2, -0.15) is 4.68 Å². The van der Waals surface area contributed by atoms with E-state index in [1.165, 1.54) is 10.7 Å². The number of pyridine rings is 1. The quantitative estimate of drug-likeness (QED) is 0.393. The van der Waals surface area contributed by atoms with Crippen LogP contribution in [0.1, 0.15) is 37.2 Å². The van der Waals surface area contributed by atoms with Crippen molar-refractivity contribution >= 4 is 22.8 Å². The van der Waals surface area contributed by atoms with Crippen LogP contribution in [0.15, 0.2) is 36.4 Å². The Morgan fingerprint density at radius 1 is 1.31 bits per heavy atom. The molecule has 3 rings (SSSR count). The zero-order chi connectivity index (χ0) is 18.8. The molecule has 8 nitrogen and oxygen atoms in total. The molecule has 0 spiro atoms. The molecule has 0 saturated carbocycles. The van der Waals surface area contributed by atoms with Gasteiger partial charge in [0.05, 0.1) is 29.0 Å². The minimum absolute atomic E-state index is 0.0919. The van der Waals surface area contributed by atoms with Crippen molar-refractivity contribution in [3.63, 3.8) is 0 Å². The predicted octanol–water partition coefficient (Wildman–Crippen LogP) is 3.76. The van der Waals surface area contributed by atoms with Crippen LogP contribution in [-0.2, 0) is 4.74 Å². The van der Waals surface area contributed by atoms with E-state index in [4.69, 9.17) is 4.74 Å². The van der Waals surface area contributed by atoms with Crippen molar-refractivity contribution < 1.29 is 14.5 Å². The molecule has 0 aliphatic heterocycles. The molecule has 0 radical (unpaired) electrons. The molecule has 134 valence electrons. The number of rotatable bonds is 5. The van der Waals surface area contributed by atoms with Gasteiger partial charge in [-0.25, -0.2) is 9.78 Å². The molecule has 2 heterocycles. The number of hydrogen-bond acceptors (Lipinski definition) is 6. The highest BCUT2D eigenvalue weighted by Gasteiger charge is 2.30. The van der Waals surface area contributed by atoms with Crippen LogP contribution in [-0.4, -0.2) is 32.3 Å². The number of nitrogens with zero attached hydrogens (tertiary/aromatic N) is 4. The summed E-state index contributed by atoms with van der Waals surface area (Å²) in [6, 6.07) is 10.6. The second kappa shape index (κ2) is 6.91. The maximum Gasteiger partial charge on any atom is 0.400 e. The van der Waals surface area contributed by atoms with Gasteiger partial charge in [-0.3, -0.25) is 0 Å². The van der Waals surface area contributed by atoms with Crippen LogP contribution in [0.25, 0.3) is 22.3 Å². The van der Waals surface area contributed by atoms with Crippen molar-refractivity contribution in [1.29, 1.82) is 0 Å². The van der Waals surface area contributed by atoms with Gasteiger partial charge in [-0.15, -0.1) is 0 Å². The SMILES string of the molecule is CCOC(=O)c1cc(-c2ccccc2)nc2c1c([N+](=O)[O-])nn2C(C)C. The molecule has 26 heavy (non-hydrogen) atoms. The van der Waals surface area contributed by atoms with Crippen LogP contribution in [0.4, 0.5) is 5.82 Å². The van der Waals surface area contributed by atoms with E-state index in [-0.39, 0.29) is 29.2 Å². The standard InChI is InChI=1S/C18H18N4O4/c1-4-26-18(23)13-10-14(12-8-6-5-7-9-12)19-16-15(13)17(22(24)25)20-21(16)11(2)3/h5-11H,4H2,1-3H3. The fraction of sp³-hybridized carbons (Fsp3) is 0.278. The summed E-state index contributed by atoms with van der Waals surface area (Å²) >= 11 is 0. The first-order valence-electron chi connectivity index (χ1n) is 8.24. The Morgan fingerprint density at radius 3 is 2.58 bits per heavy atom. The van der Waals surface area contributed by atoms with Crippen molar-refractivity contribution in [2.45, 2.75) is 26.8 Å². The number of hydrogen-bond donors (Lipinski definition) is 0. The van der Waals surface area contributed by atoms with Crippen LogP contribution in [0.5, 0.6) is 0 Å². The smallest absolute Gasteiger partial charge is 0.400 e. The van der Waals surface area contributed by atoms with Crippen molar-refractivity contribution in [2.24, 2.45) is 0 Å². The largest absolute Gasteiger partial charge is 0.462 e.